The molecule has 1 heterocycles. The van der Waals surface area contributed by atoms with Gasteiger partial charge in [0.15, 0.2) is 0 Å². The molecule has 0 aliphatic carbocycles. The summed E-state index contributed by atoms with van der Waals surface area (Å²) in [6.07, 6.45) is 0. The summed E-state index contributed by atoms with van der Waals surface area (Å²) in [4.78, 5) is 22.2. The monoisotopic (exact) mass is 278 g/mol. The van der Waals surface area contributed by atoms with Crippen molar-refractivity contribution in [3.05, 3.63) is 73.1 Å². The lowest BCUT2D eigenvalue weighted by Crippen LogP contribution is -2.22. The normalized spacial score (nSPS) is 10.4. The van der Waals surface area contributed by atoms with Crippen molar-refractivity contribution in [3.63, 3.8) is 0 Å². The molecule has 0 radical (unpaired) electrons. The van der Waals surface area contributed by atoms with Crippen molar-refractivity contribution in [2.75, 3.05) is 0 Å². The van der Waals surface area contributed by atoms with Crippen LogP contribution in [-0.2, 0) is 6.54 Å². The Morgan fingerprint density at radius 3 is 2.68 bits per heavy atom. The van der Waals surface area contributed by atoms with Gasteiger partial charge in [-0.3, -0.25) is 14.9 Å². The van der Waals surface area contributed by atoms with Crippen LogP contribution in [0.1, 0.15) is 11.3 Å². The van der Waals surface area contributed by atoms with Crippen LogP contribution in [0.5, 0.6) is 0 Å². The Hall–Kier alpha value is -2.14. The molecule has 0 aliphatic rings. The quantitative estimate of drug-likeness (QED) is 0.640. The van der Waals surface area contributed by atoms with Crippen molar-refractivity contribution in [1.82, 2.24) is 4.57 Å². The van der Waals surface area contributed by atoms with Crippen LogP contribution in [0, 0.1) is 17.0 Å². The SMILES string of the molecule is Cc1c([N+](=O)[O-])ccc(=O)n1Cc1cccc(Cl)c1. The lowest BCUT2D eigenvalue weighted by molar-refractivity contribution is -0.386. The molecule has 98 valence electrons. The first-order valence-electron chi connectivity index (χ1n) is 5.58. The summed E-state index contributed by atoms with van der Waals surface area (Å²) in [5.74, 6) is 0. The topological polar surface area (TPSA) is 65.1 Å². The molecule has 1 aromatic carbocycles. The van der Waals surface area contributed by atoms with Crippen LogP contribution in [-0.4, -0.2) is 9.49 Å². The van der Waals surface area contributed by atoms with Gasteiger partial charge in [-0.05, 0) is 24.6 Å². The van der Waals surface area contributed by atoms with Crippen LogP contribution < -0.4 is 5.56 Å². The van der Waals surface area contributed by atoms with Gasteiger partial charge in [0, 0.05) is 17.2 Å². The van der Waals surface area contributed by atoms with Crippen LogP contribution in [0.15, 0.2) is 41.2 Å². The molecule has 5 nitrogen and oxygen atoms in total. The molecule has 0 bridgehead atoms. The molecule has 0 N–H and O–H groups in total. The van der Waals surface area contributed by atoms with E-state index >= 15 is 0 Å². The van der Waals surface area contributed by atoms with Gasteiger partial charge in [-0.1, -0.05) is 23.7 Å². The second-order valence-corrected chi connectivity index (χ2v) is 4.55. The van der Waals surface area contributed by atoms with Crippen LogP contribution >= 0.6 is 11.6 Å². The molecule has 0 saturated carbocycles. The molecule has 6 heteroatoms. The van der Waals surface area contributed by atoms with Crippen molar-refractivity contribution in [3.8, 4) is 0 Å². The molecule has 0 unspecified atom stereocenters. The Morgan fingerprint density at radius 2 is 2.05 bits per heavy atom. The molecule has 0 atom stereocenters. The molecular weight excluding hydrogens is 268 g/mol. The summed E-state index contributed by atoms with van der Waals surface area (Å²) >= 11 is 5.88. The average molecular weight is 279 g/mol. The predicted octanol–water partition coefficient (Wildman–Crippen LogP) is 2.77. The highest BCUT2D eigenvalue weighted by atomic mass is 35.5. The highest BCUT2D eigenvalue weighted by Crippen LogP contribution is 2.17. The predicted molar refractivity (Wildman–Crippen MR) is 72.6 cm³/mol. The molecule has 2 rings (SSSR count). The van der Waals surface area contributed by atoms with Gasteiger partial charge >= 0.3 is 0 Å². The fourth-order valence-corrected chi connectivity index (χ4v) is 2.08. The minimum Gasteiger partial charge on any atom is -0.302 e. The first-order valence-corrected chi connectivity index (χ1v) is 5.96. The standard InChI is InChI=1S/C13H11ClN2O3/c1-9-12(16(18)19)5-6-13(17)15(9)8-10-3-2-4-11(14)7-10/h2-7H,8H2,1H3. The Kier molecular flexibility index (Phi) is 3.66. The zero-order valence-electron chi connectivity index (χ0n) is 10.2. The average Bonchev–Trinajstić information content (AvgIpc) is 2.34. The summed E-state index contributed by atoms with van der Waals surface area (Å²) in [5, 5.41) is 11.4. The molecule has 0 saturated heterocycles. The molecule has 0 aliphatic heterocycles. The minimum atomic E-state index is -0.497. The van der Waals surface area contributed by atoms with E-state index in [1.807, 2.05) is 6.07 Å². The molecular formula is C13H11ClN2O3. The number of aromatic nitrogens is 1. The van der Waals surface area contributed by atoms with E-state index in [1.165, 1.54) is 16.7 Å². The molecule has 0 spiro atoms. The van der Waals surface area contributed by atoms with Crippen molar-refractivity contribution in [1.29, 1.82) is 0 Å². The Labute approximate surface area is 114 Å². The number of nitro groups is 1. The van der Waals surface area contributed by atoms with E-state index in [4.69, 9.17) is 11.6 Å². The van der Waals surface area contributed by atoms with E-state index in [9.17, 15) is 14.9 Å². The van der Waals surface area contributed by atoms with E-state index < -0.39 is 4.92 Å². The number of rotatable bonds is 3. The van der Waals surface area contributed by atoms with Crippen LogP contribution in [0.25, 0.3) is 0 Å². The van der Waals surface area contributed by atoms with E-state index in [1.54, 1.807) is 25.1 Å². The summed E-state index contributed by atoms with van der Waals surface area (Å²) in [5.41, 5.74) is 0.806. The van der Waals surface area contributed by atoms with Crippen LogP contribution in [0.2, 0.25) is 5.02 Å². The Morgan fingerprint density at radius 1 is 1.32 bits per heavy atom. The number of nitrogens with zero attached hydrogens (tertiary/aromatic N) is 2. The smallest absolute Gasteiger partial charge is 0.288 e. The Balaban J connectivity index is 2.48. The number of halogens is 1. The third-order valence-corrected chi connectivity index (χ3v) is 3.09. The van der Waals surface area contributed by atoms with Crippen molar-refractivity contribution in [2.45, 2.75) is 13.5 Å². The fraction of sp³-hybridized carbons (Fsp3) is 0.154. The first-order chi connectivity index (χ1) is 8.99. The number of hydrogen-bond acceptors (Lipinski definition) is 3. The van der Waals surface area contributed by atoms with Gasteiger partial charge < -0.3 is 4.57 Å². The number of pyridine rings is 1. The largest absolute Gasteiger partial charge is 0.302 e. The molecule has 0 amide bonds. The zero-order chi connectivity index (χ0) is 14.0. The Bertz CT molecular complexity index is 695. The molecule has 2 aromatic rings. The van der Waals surface area contributed by atoms with Crippen LogP contribution in [0.4, 0.5) is 5.69 Å². The second kappa shape index (κ2) is 5.24. The maximum absolute atomic E-state index is 11.8. The maximum Gasteiger partial charge on any atom is 0.288 e. The van der Waals surface area contributed by atoms with Gasteiger partial charge in [-0.2, -0.15) is 0 Å². The van der Waals surface area contributed by atoms with Gasteiger partial charge in [0.1, 0.15) is 0 Å². The maximum atomic E-state index is 11.8. The van der Waals surface area contributed by atoms with Crippen molar-refractivity contribution in [2.24, 2.45) is 0 Å². The summed E-state index contributed by atoms with van der Waals surface area (Å²) < 4.78 is 1.36. The highest BCUT2D eigenvalue weighted by Gasteiger charge is 2.14. The van der Waals surface area contributed by atoms with Gasteiger partial charge in [-0.15, -0.1) is 0 Å². The zero-order valence-corrected chi connectivity index (χ0v) is 10.9. The first kappa shape index (κ1) is 13.3. The molecule has 0 fully saturated rings. The lowest BCUT2D eigenvalue weighted by atomic mass is 10.2. The fourth-order valence-electron chi connectivity index (χ4n) is 1.87. The second-order valence-electron chi connectivity index (χ2n) is 4.12. The van der Waals surface area contributed by atoms with Crippen molar-refractivity contribution >= 4 is 17.3 Å². The van der Waals surface area contributed by atoms with E-state index in [0.717, 1.165) is 5.56 Å². The van der Waals surface area contributed by atoms with Gasteiger partial charge in [-0.25, -0.2) is 0 Å². The summed E-state index contributed by atoms with van der Waals surface area (Å²) in [6, 6.07) is 9.48. The van der Waals surface area contributed by atoms with Crippen molar-refractivity contribution < 1.29 is 4.92 Å². The minimum absolute atomic E-state index is 0.0679. The number of benzene rings is 1. The third kappa shape index (κ3) is 2.82. The lowest BCUT2D eigenvalue weighted by Gasteiger charge is -2.10. The summed E-state index contributed by atoms with van der Waals surface area (Å²) in [7, 11) is 0. The molecule has 1 aromatic heterocycles. The van der Waals surface area contributed by atoms with Gasteiger partial charge in [0.2, 0.25) is 0 Å². The highest BCUT2D eigenvalue weighted by molar-refractivity contribution is 6.30. The summed E-state index contributed by atoms with van der Waals surface area (Å²) in [6.45, 7) is 1.82. The number of hydrogen-bond donors (Lipinski definition) is 0. The van der Waals surface area contributed by atoms with Crippen LogP contribution in [0.3, 0.4) is 0 Å². The molecule has 19 heavy (non-hydrogen) atoms. The van der Waals surface area contributed by atoms with E-state index in [-0.39, 0.29) is 17.8 Å². The third-order valence-electron chi connectivity index (χ3n) is 2.85. The van der Waals surface area contributed by atoms with Gasteiger partial charge in [0.25, 0.3) is 11.2 Å². The van der Waals surface area contributed by atoms with E-state index in [0.29, 0.717) is 10.7 Å². The van der Waals surface area contributed by atoms with E-state index in [2.05, 4.69) is 0 Å². The van der Waals surface area contributed by atoms with Gasteiger partial charge in [0.05, 0.1) is 17.2 Å².